The number of benzene rings is 1. The Labute approximate surface area is 155 Å². The van der Waals surface area contributed by atoms with E-state index in [0.717, 1.165) is 17.7 Å². The van der Waals surface area contributed by atoms with Gasteiger partial charge in [-0.3, -0.25) is 0 Å². The van der Waals surface area contributed by atoms with Gasteiger partial charge in [0.2, 0.25) is 0 Å². The molecule has 3 heteroatoms. The van der Waals surface area contributed by atoms with Gasteiger partial charge in [-0.15, -0.1) is 0 Å². The van der Waals surface area contributed by atoms with Gasteiger partial charge in [0.15, 0.2) is 0 Å². The van der Waals surface area contributed by atoms with E-state index in [-0.39, 0.29) is 22.7 Å². The molecule has 1 aromatic rings. The second-order valence-corrected chi connectivity index (χ2v) is 10.8. The van der Waals surface area contributed by atoms with Crippen LogP contribution in [0.3, 0.4) is 0 Å². The zero-order valence-corrected chi connectivity index (χ0v) is 17.7. The van der Waals surface area contributed by atoms with E-state index >= 15 is 0 Å². The fraction of sp³-hybridized carbons (Fsp3) is 0.545. The van der Waals surface area contributed by atoms with Crippen LogP contribution in [-0.2, 0) is 4.74 Å². The molecule has 0 saturated carbocycles. The average Bonchev–Trinajstić information content (AvgIpc) is 2.45. The molecule has 0 saturated heterocycles. The Morgan fingerprint density at radius 1 is 1.04 bits per heavy atom. The first-order valence-corrected chi connectivity index (χ1v) is 10.2. The third-order valence-electron chi connectivity index (χ3n) is 3.79. The first-order valence-electron chi connectivity index (χ1n) is 9.23. The topological polar surface area (TPSA) is 18.5 Å². The minimum Gasteiger partial charge on any atom is -0.490 e. The third kappa shape index (κ3) is 5.43. The summed E-state index contributed by atoms with van der Waals surface area (Å²) < 4.78 is 12.7. The van der Waals surface area contributed by atoms with E-state index in [9.17, 15) is 0 Å². The number of rotatable bonds is 6. The molecule has 1 aliphatic carbocycles. The van der Waals surface area contributed by atoms with Gasteiger partial charge in [0.05, 0.1) is 12.2 Å². The van der Waals surface area contributed by atoms with E-state index in [2.05, 4.69) is 84.9 Å². The van der Waals surface area contributed by atoms with Crippen molar-refractivity contribution < 1.29 is 9.47 Å². The molecule has 138 valence electrons. The number of allylic oxidation sites excluding steroid dienone is 2. The van der Waals surface area contributed by atoms with E-state index in [1.54, 1.807) is 0 Å². The molecule has 2 rings (SSSR count). The molecule has 0 fully saturated rings. The van der Waals surface area contributed by atoms with Gasteiger partial charge < -0.3 is 9.47 Å². The highest BCUT2D eigenvalue weighted by Crippen LogP contribution is 2.56. The number of ether oxygens (including phenoxy) is 2. The molecule has 0 spiro atoms. The van der Waals surface area contributed by atoms with Gasteiger partial charge in [-0.05, 0) is 44.5 Å². The second-order valence-electron chi connectivity index (χ2n) is 8.24. The van der Waals surface area contributed by atoms with Crippen LogP contribution in [0.15, 0.2) is 42.5 Å². The van der Waals surface area contributed by atoms with Crippen LogP contribution in [0.25, 0.3) is 5.57 Å². The van der Waals surface area contributed by atoms with Crippen molar-refractivity contribution in [1.29, 1.82) is 0 Å². The average molecular weight is 360 g/mol. The standard InChI is InChI=1S/C22H33O2P/c1-16(2)23-20-14-9-8-12-18(20)19-13-10-11-15-22(19,24-17(3)4)25-21(5,6)7/h8-14,16-17,25H,15H2,1-7H3. The van der Waals surface area contributed by atoms with Crippen molar-refractivity contribution in [3.05, 3.63) is 48.1 Å². The SMILES string of the molecule is CC(C)Oc1ccccc1C1=CC=CCC1(OC(C)C)PC(C)(C)C. The van der Waals surface area contributed by atoms with Crippen molar-refractivity contribution in [2.75, 3.05) is 0 Å². The van der Waals surface area contributed by atoms with Crippen LogP contribution in [0.1, 0.15) is 60.5 Å². The van der Waals surface area contributed by atoms with Gasteiger partial charge >= 0.3 is 0 Å². The van der Waals surface area contributed by atoms with Crippen molar-refractivity contribution in [3.63, 3.8) is 0 Å². The molecule has 1 aromatic carbocycles. The molecule has 2 unspecified atom stereocenters. The molecule has 0 aliphatic heterocycles. The van der Waals surface area contributed by atoms with Crippen LogP contribution in [-0.4, -0.2) is 22.7 Å². The zero-order chi connectivity index (χ0) is 18.7. The van der Waals surface area contributed by atoms with Gasteiger partial charge in [-0.2, -0.15) is 0 Å². The van der Waals surface area contributed by atoms with Crippen molar-refractivity contribution in [2.45, 2.75) is 77.6 Å². The van der Waals surface area contributed by atoms with Crippen LogP contribution in [0.4, 0.5) is 0 Å². The van der Waals surface area contributed by atoms with Crippen LogP contribution < -0.4 is 4.74 Å². The number of hydrogen-bond donors (Lipinski definition) is 0. The summed E-state index contributed by atoms with van der Waals surface area (Å²) in [5.74, 6) is 0.939. The highest BCUT2D eigenvalue weighted by Gasteiger charge is 2.41. The Kier molecular flexibility index (Phi) is 6.51. The minimum absolute atomic E-state index is 0.145. The van der Waals surface area contributed by atoms with E-state index in [1.807, 2.05) is 6.07 Å². The van der Waals surface area contributed by atoms with Crippen LogP contribution in [0.2, 0.25) is 0 Å². The lowest BCUT2D eigenvalue weighted by Gasteiger charge is -2.43. The summed E-state index contributed by atoms with van der Waals surface area (Å²) in [4.78, 5) is 0. The molecule has 0 heterocycles. The number of hydrogen-bond acceptors (Lipinski definition) is 2. The summed E-state index contributed by atoms with van der Waals surface area (Å²) in [5, 5.41) is -0.107. The van der Waals surface area contributed by atoms with Crippen LogP contribution >= 0.6 is 8.58 Å². The highest BCUT2D eigenvalue weighted by molar-refractivity contribution is 7.42. The molecular formula is C22H33O2P. The minimum atomic E-state index is -0.294. The van der Waals surface area contributed by atoms with Crippen molar-refractivity contribution in [3.8, 4) is 5.75 Å². The summed E-state index contributed by atoms with van der Waals surface area (Å²) in [5.41, 5.74) is 2.39. The van der Waals surface area contributed by atoms with E-state index in [4.69, 9.17) is 9.47 Å². The molecule has 2 atom stereocenters. The van der Waals surface area contributed by atoms with E-state index in [0.29, 0.717) is 8.58 Å². The molecule has 1 aliphatic rings. The first kappa shape index (κ1) is 20.2. The Morgan fingerprint density at radius 3 is 2.32 bits per heavy atom. The summed E-state index contributed by atoms with van der Waals surface area (Å²) >= 11 is 0. The lowest BCUT2D eigenvalue weighted by Crippen LogP contribution is -2.36. The Balaban J connectivity index is 2.55. The predicted molar refractivity (Wildman–Crippen MR) is 111 cm³/mol. The van der Waals surface area contributed by atoms with Crippen molar-refractivity contribution in [1.82, 2.24) is 0 Å². The smallest absolute Gasteiger partial charge is 0.127 e. The third-order valence-corrected chi connectivity index (χ3v) is 5.54. The Morgan fingerprint density at radius 2 is 1.72 bits per heavy atom. The highest BCUT2D eigenvalue weighted by atomic mass is 31.1. The van der Waals surface area contributed by atoms with Crippen molar-refractivity contribution >= 4 is 14.2 Å². The summed E-state index contributed by atoms with van der Waals surface area (Å²) in [6, 6.07) is 8.35. The largest absolute Gasteiger partial charge is 0.490 e. The maximum Gasteiger partial charge on any atom is 0.127 e. The van der Waals surface area contributed by atoms with Gasteiger partial charge in [-0.25, -0.2) is 0 Å². The molecular weight excluding hydrogens is 327 g/mol. The predicted octanol–water partition coefficient (Wildman–Crippen LogP) is 6.42. The van der Waals surface area contributed by atoms with Crippen LogP contribution in [0.5, 0.6) is 5.75 Å². The van der Waals surface area contributed by atoms with E-state index in [1.165, 1.54) is 5.57 Å². The normalized spacial score (nSPS) is 21.4. The maximum atomic E-state index is 6.62. The molecule has 0 N–H and O–H groups in total. The first-order chi connectivity index (χ1) is 11.6. The molecule has 25 heavy (non-hydrogen) atoms. The van der Waals surface area contributed by atoms with Crippen LogP contribution in [0, 0.1) is 0 Å². The van der Waals surface area contributed by atoms with Gasteiger partial charge in [0.1, 0.15) is 11.1 Å². The molecule has 0 amide bonds. The van der Waals surface area contributed by atoms with Gasteiger partial charge in [-0.1, -0.05) is 65.8 Å². The molecule has 2 nitrogen and oxygen atoms in total. The monoisotopic (exact) mass is 360 g/mol. The lowest BCUT2D eigenvalue weighted by molar-refractivity contribution is 0.0168. The summed E-state index contributed by atoms with van der Waals surface area (Å²) in [6.45, 7) is 15.3. The molecule has 0 radical (unpaired) electrons. The molecule has 0 bridgehead atoms. The maximum absolute atomic E-state index is 6.62. The zero-order valence-electron chi connectivity index (χ0n) is 16.7. The fourth-order valence-electron chi connectivity index (χ4n) is 3.26. The number of para-hydroxylation sites is 1. The van der Waals surface area contributed by atoms with Gasteiger partial charge in [0, 0.05) is 12.0 Å². The second kappa shape index (κ2) is 8.06. The Bertz CT molecular complexity index is 638. The quantitative estimate of drug-likeness (QED) is 0.545. The summed E-state index contributed by atoms with van der Waals surface area (Å²) in [6.07, 6.45) is 7.82. The van der Waals surface area contributed by atoms with Gasteiger partial charge in [0.25, 0.3) is 0 Å². The molecule has 0 aromatic heterocycles. The fourth-order valence-corrected chi connectivity index (χ4v) is 5.34. The van der Waals surface area contributed by atoms with E-state index < -0.39 is 0 Å². The lowest BCUT2D eigenvalue weighted by atomic mass is 9.92. The van der Waals surface area contributed by atoms with Crippen molar-refractivity contribution in [2.24, 2.45) is 0 Å². The summed E-state index contributed by atoms with van der Waals surface area (Å²) in [7, 11) is 0.655. The Hall–Kier alpha value is -1.11.